The lowest BCUT2D eigenvalue weighted by atomic mass is 9.79. The molecule has 0 unspecified atom stereocenters. The molecule has 0 aromatic rings. The van der Waals surface area contributed by atoms with Crippen LogP contribution in [0, 0.1) is 23.7 Å². The van der Waals surface area contributed by atoms with Gasteiger partial charge in [-0.3, -0.25) is 0 Å². The summed E-state index contributed by atoms with van der Waals surface area (Å²) < 4.78 is 0. The van der Waals surface area contributed by atoms with Crippen LogP contribution >= 0.6 is 0 Å². The summed E-state index contributed by atoms with van der Waals surface area (Å²) in [4.78, 5) is 0. The number of rotatable bonds is 7. The summed E-state index contributed by atoms with van der Waals surface area (Å²) >= 11 is 0. The van der Waals surface area contributed by atoms with Gasteiger partial charge in [0.15, 0.2) is 0 Å². The highest BCUT2D eigenvalue weighted by molar-refractivity contribution is 4.96. The van der Waals surface area contributed by atoms with Gasteiger partial charge in [-0.15, -0.1) is 0 Å². The monoisotopic (exact) mass is 314 g/mol. The SMILES string of the molecule is C/C=C/[C@H]1CC[C@H](/C=C/CC[C@H]2CC[C@H](/C=C/CC)CC2)CC1. The Morgan fingerprint density at radius 2 is 1.22 bits per heavy atom. The molecule has 0 radical (unpaired) electrons. The molecule has 0 aromatic carbocycles. The maximum Gasteiger partial charge on any atom is -0.0233 e. The first-order chi connectivity index (χ1) is 11.3. The molecule has 0 atom stereocenters. The van der Waals surface area contributed by atoms with Gasteiger partial charge in [0.25, 0.3) is 0 Å². The Bertz CT molecular complexity index is 371. The molecule has 23 heavy (non-hydrogen) atoms. The van der Waals surface area contributed by atoms with E-state index in [-0.39, 0.29) is 0 Å². The van der Waals surface area contributed by atoms with E-state index in [9.17, 15) is 0 Å². The molecule has 0 spiro atoms. The fourth-order valence-electron chi connectivity index (χ4n) is 4.42. The summed E-state index contributed by atoms with van der Waals surface area (Å²) in [5.41, 5.74) is 0. The average molecular weight is 315 g/mol. The number of hydrogen-bond acceptors (Lipinski definition) is 0. The first-order valence-corrected chi connectivity index (χ1v) is 10.3. The molecule has 0 heteroatoms. The van der Waals surface area contributed by atoms with Gasteiger partial charge in [-0.25, -0.2) is 0 Å². The van der Waals surface area contributed by atoms with E-state index < -0.39 is 0 Å². The molecule has 0 heterocycles. The summed E-state index contributed by atoms with van der Waals surface area (Å²) in [5, 5.41) is 0. The highest BCUT2D eigenvalue weighted by Crippen LogP contribution is 2.33. The van der Waals surface area contributed by atoms with Crippen LogP contribution in [0.25, 0.3) is 0 Å². The van der Waals surface area contributed by atoms with Crippen LogP contribution in [0.5, 0.6) is 0 Å². The highest BCUT2D eigenvalue weighted by atomic mass is 14.2. The zero-order valence-corrected chi connectivity index (χ0v) is 15.6. The fourth-order valence-corrected chi connectivity index (χ4v) is 4.42. The normalized spacial score (nSPS) is 33.1. The predicted molar refractivity (Wildman–Crippen MR) is 104 cm³/mol. The van der Waals surface area contributed by atoms with E-state index >= 15 is 0 Å². The molecule has 2 aliphatic carbocycles. The van der Waals surface area contributed by atoms with Crippen molar-refractivity contribution >= 4 is 0 Å². The third-order valence-electron chi connectivity index (χ3n) is 5.97. The Morgan fingerprint density at radius 1 is 0.696 bits per heavy atom. The lowest BCUT2D eigenvalue weighted by molar-refractivity contribution is 0.297. The van der Waals surface area contributed by atoms with Gasteiger partial charge in [-0.05, 0) is 101 Å². The van der Waals surface area contributed by atoms with E-state index in [0.29, 0.717) is 0 Å². The Labute approximate surface area is 145 Å². The summed E-state index contributed by atoms with van der Waals surface area (Å²) in [5.74, 6) is 3.61. The van der Waals surface area contributed by atoms with Crippen LogP contribution in [0.4, 0.5) is 0 Å². The molecule has 2 rings (SSSR count). The Kier molecular flexibility index (Phi) is 8.79. The lowest BCUT2D eigenvalue weighted by Gasteiger charge is -2.26. The van der Waals surface area contributed by atoms with E-state index in [4.69, 9.17) is 0 Å². The van der Waals surface area contributed by atoms with E-state index in [1.807, 2.05) is 0 Å². The van der Waals surface area contributed by atoms with Gasteiger partial charge in [0.05, 0.1) is 0 Å². The lowest BCUT2D eigenvalue weighted by Crippen LogP contribution is -2.13. The Morgan fingerprint density at radius 3 is 1.78 bits per heavy atom. The molecule has 0 bridgehead atoms. The van der Waals surface area contributed by atoms with Gasteiger partial charge in [0.1, 0.15) is 0 Å². The van der Waals surface area contributed by atoms with E-state index in [1.165, 1.54) is 70.6 Å². The summed E-state index contributed by atoms with van der Waals surface area (Å²) in [6.07, 6.45) is 29.8. The zero-order chi connectivity index (χ0) is 16.3. The highest BCUT2D eigenvalue weighted by Gasteiger charge is 2.19. The topological polar surface area (TPSA) is 0 Å². The van der Waals surface area contributed by atoms with Crippen LogP contribution in [0.1, 0.15) is 84.5 Å². The Balaban J connectivity index is 1.56. The second-order valence-corrected chi connectivity index (χ2v) is 7.82. The van der Waals surface area contributed by atoms with Gasteiger partial charge < -0.3 is 0 Å². The average Bonchev–Trinajstić information content (AvgIpc) is 2.59. The van der Waals surface area contributed by atoms with Crippen molar-refractivity contribution in [3.8, 4) is 0 Å². The van der Waals surface area contributed by atoms with Crippen molar-refractivity contribution in [1.82, 2.24) is 0 Å². The summed E-state index contributed by atoms with van der Waals surface area (Å²) in [6, 6.07) is 0. The number of hydrogen-bond donors (Lipinski definition) is 0. The molecular formula is C23H38. The van der Waals surface area contributed by atoms with Crippen LogP contribution in [0.2, 0.25) is 0 Å². The molecule has 2 fully saturated rings. The van der Waals surface area contributed by atoms with Gasteiger partial charge in [0, 0.05) is 0 Å². The minimum atomic E-state index is 0.863. The second-order valence-electron chi connectivity index (χ2n) is 7.82. The fraction of sp³-hybridized carbons (Fsp3) is 0.739. The molecule has 0 nitrogen and oxygen atoms in total. The summed E-state index contributed by atoms with van der Waals surface area (Å²) in [6.45, 7) is 4.39. The van der Waals surface area contributed by atoms with Gasteiger partial charge >= 0.3 is 0 Å². The molecule has 0 saturated heterocycles. The molecule has 0 aliphatic heterocycles. The predicted octanol–water partition coefficient (Wildman–Crippen LogP) is 7.48. The van der Waals surface area contributed by atoms with Crippen LogP contribution < -0.4 is 0 Å². The van der Waals surface area contributed by atoms with E-state index in [1.54, 1.807) is 0 Å². The molecule has 130 valence electrons. The zero-order valence-electron chi connectivity index (χ0n) is 15.6. The van der Waals surface area contributed by atoms with E-state index in [0.717, 1.165) is 23.7 Å². The number of allylic oxidation sites excluding steroid dienone is 6. The van der Waals surface area contributed by atoms with E-state index in [2.05, 4.69) is 50.3 Å². The summed E-state index contributed by atoms with van der Waals surface area (Å²) in [7, 11) is 0. The molecule has 0 amide bonds. The Hall–Kier alpha value is -0.780. The van der Waals surface area contributed by atoms with Gasteiger partial charge in [-0.2, -0.15) is 0 Å². The standard InChI is InChI=1S/C23H38/c1-3-5-9-21-16-18-23(19-17-21)11-7-6-10-22-14-12-20(8-4-2)13-15-22/h4-6,8-10,20-23H,3,7,11-19H2,1-2H3/b8-4+,9-5+,10-6+/t20-,21-,22-,23-. The van der Waals surface area contributed by atoms with Crippen LogP contribution in [0.15, 0.2) is 36.5 Å². The van der Waals surface area contributed by atoms with Crippen molar-refractivity contribution in [1.29, 1.82) is 0 Å². The second kappa shape index (κ2) is 10.9. The van der Waals surface area contributed by atoms with Gasteiger partial charge in [-0.1, -0.05) is 43.4 Å². The van der Waals surface area contributed by atoms with Gasteiger partial charge in [0.2, 0.25) is 0 Å². The van der Waals surface area contributed by atoms with Crippen LogP contribution in [-0.4, -0.2) is 0 Å². The van der Waals surface area contributed by atoms with Crippen LogP contribution in [-0.2, 0) is 0 Å². The smallest absolute Gasteiger partial charge is 0.0233 e. The minimum absolute atomic E-state index is 0.863. The first-order valence-electron chi connectivity index (χ1n) is 10.3. The molecule has 2 aliphatic rings. The molecule has 0 aromatic heterocycles. The van der Waals surface area contributed by atoms with Crippen molar-refractivity contribution in [3.63, 3.8) is 0 Å². The quantitative estimate of drug-likeness (QED) is 0.427. The van der Waals surface area contributed by atoms with Crippen molar-refractivity contribution in [2.45, 2.75) is 84.5 Å². The maximum atomic E-state index is 2.54. The third kappa shape index (κ3) is 7.10. The molecular weight excluding hydrogens is 276 g/mol. The van der Waals surface area contributed by atoms with Crippen LogP contribution in [0.3, 0.4) is 0 Å². The minimum Gasteiger partial charge on any atom is -0.0914 e. The molecule has 2 saturated carbocycles. The maximum absolute atomic E-state index is 2.54. The third-order valence-corrected chi connectivity index (χ3v) is 5.97. The molecule has 0 N–H and O–H groups in total. The van der Waals surface area contributed by atoms with Crippen molar-refractivity contribution in [2.75, 3.05) is 0 Å². The van der Waals surface area contributed by atoms with Crippen molar-refractivity contribution in [2.24, 2.45) is 23.7 Å². The van der Waals surface area contributed by atoms with Crippen molar-refractivity contribution in [3.05, 3.63) is 36.5 Å². The largest absolute Gasteiger partial charge is 0.0914 e. The van der Waals surface area contributed by atoms with Crippen molar-refractivity contribution < 1.29 is 0 Å². The first kappa shape index (κ1) is 18.6.